The molecule has 0 unspecified atom stereocenters. The van der Waals surface area contributed by atoms with Crippen molar-refractivity contribution in [3.63, 3.8) is 0 Å². The first-order chi connectivity index (χ1) is 25.2. The predicted octanol–water partition coefficient (Wildman–Crippen LogP) is 12.0. The molecule has 0 saturated heterocycles. The number of hydrogen-bond donors (Lipinski definition) is 0. The fourth-order valence-corrected chi connectivity index (χ4v) is 7.93. The second-order valence-electron chi connectivity index (χ2n) is 12.2. The van der Waals surface area contributed by atoms with Crippen LogP contribution in [0.1, 0.15) is 19.5 Å². The number of rotatable bonds is 4. The summed E-state index contributed by atoms with van der Waals surface area (Å²) in [6.45, 7) is -2.92. The third-order valence-electron chi connectivity index (χ3n) is 9.81. The van der Waals surface area contributed by atoms with Crippen LogP contribution in [0, 0.1) is 0 Å². The molecule has 220 valence electrons. The average Bonchev–Trinajstić information content (AvgIpc) is 3.72. The molecular formula is C45H30N2. The Balaban J connectivity index is 1.24. The van der Waals surface area contributed by atoms with E-state index in [4.69, 9.17) is 6.85 Å². The van der Waals surface area contributed by atoms with Gasteiger partial charge in [0.05, 0.1) is 11.0 Å². The summed E-state index contributed by atoms with van der Waals surface area (Å²) in [6.07, 6.45) is -2.69. The molecule has 0 bridgehead atoms. The number of para-hydroxylation sites is 2. The first-order valence-corrected chi connectivity index (χ1v) is 15.9. The molecule has 10 rings (SSSR count). The van der Waals surface area contributed by atoms with Crippen LogP contribution in [0.15, 0.2) is 152 Å². The van der Waals surface area contributed by atoms with Gasteiger partial charge >= 0.3 is 0 Å². The zero-order valence-corrected chi connectivity index (χ0v) is 25.3. The Bertz CT molecular complexity index is 2850. The molecule has 2 nitrogen and oxygen atoms in total. The highest BCUT2D eigenvalue weighted by atomic mass is 15.1. The van der Waals surface area contributed by atoms with Crippen molar-refractivity contribution in [2.75, 3.05) is 0 Å². The van der Waals surface area contributed by atoms with Crippen molar-refractivity contribution < 1.29 is 6.85 Å². The standard InChI is InChI=1S/C45H30N2/c1-2-42-46-40-23-9-10-24-41(40)47(42)29-14-11-13-28(27-29)43-33-17-5-7-19-35(33)45(36-20-8-6-18-34(36)43)39-26-25-38-31-16-4-3-15-30(31)32-21-12-22-37(39)44(32)38/h3-27H,2H2,1H3/i1D3,2D2. The Morgan fingerprint density at radius 1 is 0.532 bits per heavy atom. The van der Waals surface area contributed by atoms with Gasteiger partial charge in [0.2, 0.25) is 0 Å². The Labute approximate surface area is 280 Å². The molecule has 47 heavy (non-hydrogen) atoms. The summed E-state index contributed by atoms with van der Waals surface area (Å²) in [5.74, 6) is -0.148. The summed E-state index contributed by atoms with van der Waals surface area (Å²) >= 11 is 0. The lowest BCUT2D eigenvalue weighted by molar-refractivity contribution is 0.908. The van der Waals surface area contributed by atoms with Crippen LogP contribution in [0.2, 0.25) is 0 Å². The monoisotopic (exact) mass is 603 g/mol. The summed E-state index contributed by atoms with van der Waals surface area (Å²) in [6, 6.07) is 52.2. The fourth-order valence-electron chi connectivity index (χ4n) is 7.93. The highest BCUT2D eigenvalue weighted by Crippen LogP contribution is 2.51. The summed E-state index contributed by atoms with van der Waals surface area (Å²) in [4.78, 5) is 4.56. The Kier molecular flexibility index (Phi) is 4.62. The lowest BCUT2D eigenvalue weighted by Crippen LogP contribution is -2.00. The van der Waals surface area contributed by atoms with Gasteiger partial charge in [-0.2, -0.15) is 0 Å². The van der Waals surface area contributed by atoms with Crippen molar-refractivity contribution in [1.29, 1.82) is 0 Å². The number of imidazole rings is 1. The third-order valence-corrected chi connectivity index (χ3v) is 9.81. The number of fused-ring (bicyclic) bond motifs is 6. The largest absolute Gasteiger partial charge is 0.296 e. The normalized spacial score (nSPS) is 14.2. The molecular weight excluding hydrogens is 569 g/mol. The van der Waals surface area contributed by atoms with E-state index in [1.165, 1.54) is 44.2 Å². The molecule has 0 N–H and O–H groups in total. The lowest BCUT2D eigenvalue weighted by atomic mass is 9.84. The van der Waals surface area contributed by atoms with Crippen molar-refractivity contribution in [2.24, 2.45) is 0 Å². The van der Waals surface area contributed by atoms with Gasteiger partial charge < -0.3 is 0 Å². The van der Waals surface area contributed by atoms with Crippen molar-refractivity contribution in [2.45, 2.75) is 13.2 Å². The van der Waals surface area contributed by atoms with E-state index < -0.39 is 13.2 Å². The van der Waals surface area contributed by atoms with E-state index in [-0.39, 0.29) is 5.82 Å². The van der Waals surface area contributed by atoms with E-state index in [1.807, 2.05) is 36.4 Å². The van der Waals surface area contributed by atoms with Gasteiger partial charge in [-0.3, -0.25) is 4.57 Å². The zero-order valence-electron chi connectivity index (χ0n) is 30.3. The summed E-state index contributed by atoms with van der Waals surface area (Å²) in [7, 11) is 0. The number of aryl methyl sites for hydroxylation is 1. The van der Waals surface area contributed by atoms with Gasteiger partial charge in [-0.05, 0) is 101 Å². The maximum atomic E-state index is 8.73. The minimum atomic E-state index is -2.92. The molecule has 1 aliphatic rings. The van der Waals surface area contributed by atoms with Crippen molar-refractivity contribution in [3.05, 3.63) is 157 Å². The number of nitrogens with zero attached hydrogens (tertiary/aromatic N) is 2. The Morgan fingerprint density at radius 2 is 1.11 bits per heavy atom. The smallest absolute Gasteiger partial charge is 0.114 e. The molecule has 0 atom stereocenters. The first-order valence-electron chi connectivity index (χ1n) is 18.4. The number of aromatic nitrogens is 2. The number of benzene rings is 8. The fraction of sp³-hybridized carbons (Fsp3) is 0.0444. The summed E-state index contributed by atoms with van der Waals surface area (Å²) in [5, 5.41) is 6.95. The molecule has 1 aromatic heterocycles. The third kappa shape index (κ3) is 3.70. The predicted molar refractivity (Wildman–Crippen MR) is 198 cm³/mol. The maximum Gasteiger partial charge on any atom is 0.114 e. The van der Waals surface area contributed by atoms with Gasteiger partial charge in [0, 0.05) is 18.9 Å². The van der Waals surface area contributed by atoms with Gasteiger partial charge in [0.15, 0.2) is 0 Å². The highest BCUT2D eigenvalue weighted by molar-refractivity contribution is 6.26. The van der Waals surface area contributed by atoms with Gasteiger partial charge in [-0.1, -0.05) is 134 Å². The minimum Gasteiger partial charge on any atom is -0.296 e. The summed E-state index contributed by atoms with van der Waals surface area (Å²) in [5.41, 5.74) is 11.2. The van der Waals surface area contributed by atoms with Crippen LogP contribution in [-0.4, -0.2) is 9.55 Å². The second kappa shape index (κ2) is 10.0. The highest BCUT2D eigenvalue weighted by Gasteiger charge is 2.24. The molecule has 1 aliphatic carbocycles. The van der Waals surface area contributed by atoms with Crippen LogP contribution in [-0.2, 0) is 6.37 Å². The molecule has 0 spiro atoms. The van der Waals surface area contributed by atoms with E-state index in [1.54, 1.807) is 10.6 Å². The van der Waals surface area contributed by atoms with Gasteiger partial charge in [0.25, 0.3) is 0 Å². The van der Waals surface area contributed by atoms with Gasteiger partial charge in [0.1, 0.15) is 5.82 Å². The molecule has 0 amide bonds. The van der Waals surface area contributed by atoms with E-state index in [9.17, 15) is 0 Å². The van der Waals surface area contributed by atoms with Crippen LogP contribution in [0.4, 0.5) is 0 Å². The van der Waals surface area contributed by atoms with Crippen LogP contribution < -0.4 is 0 Å². The van der Waals surface area contributed by atoms with E-state index >= 15 is 0 Å². The molecule has 9 aromatic rings. The lowest BCUT2D eigenvalue weighted by Gasteiger charge is -2.20. The molecule has 0 saturated carbocycles. The molecule has 2 heteroatoms. The minimum absolute atomic E-state index is 0.148. The van der Waals surface area contributed by atoms with E-state index in [0.29, 0.717) is 16.7 Å². The van der Waals surface area contributed by atoms with E-state index in [0.717, 1.165) is 32.7 Å². The van der Waals surface area contributed by atoms with Crippen molar-refractivity contribution in [1.82, 2.24) is 9.55 Å². The topological polar surface area (TPSA) is 17.8 Å². The van der Waals surface area contributed by atoms with Crippen LogP contribution in [0.5, 0.6) is 0 Å². The van der Waals surface area contributed by atoms with Crippen LogP contribution in [0.3, 0.4) is 0 Å². The zero-order chi connectivity index (χ0) is 35.4. The molecule has 0 fully saturated rings. The van der Waals surface area contributed by atoms with Crippen molar-refractivity contribution in [3.8, 4) is 50.2 Å². The maximum absolute atomic E-state index is 8.73. The van der Waals surface area contributed by atoms with Crippen LogP contribution >= 0.6 is 0 Å². The Morgan fingerprint density at radius 3 is 1.85 bits per heavy atom. The van der Waals surface area contributed by atoms with Crippen LogP contribution in [0.25, 0.3) is 93.5 Å². The number of hydrogen-bond acceptors (Lipinski definition) is 1. The molecule has 1 heterocycles. The molecule has 8 aromatic carbocycles. The summed E-state index contributed by atoms with van der Waals surface area (Å²) < 4.78 is 43.3. The molecule has 0 radical (unpaired) electrons. The quantitative estimate of drug-likeness (QED) is 0.183. The first kappa shape index (κ1) is 21.7. The van der Waals surface area contributed by atoms with E-state index in [2.05, 4.69) is 114 Å². The van der Waals surface area contributed by atoms with Crippen molar-refractivity contribution >= 4 is 43.4 Å². The molecule has 0 aliphatic heterocycles. The Hall–Kier alpha value is -5.99. The SMILES string of the molecule is [2H]C([2H])([2H])C([2H])([2H])c1nc2ccccc2n1-c1cccc(-c2c3ccccc3c(-c3ccc4c5c(cccc35)-c3ccccc3-4)c3ccccc23)c1. The second-order valence-corrected chi connectivity index (χ2v) is 12.2. The van der Waals surface area contributed by atoms with Gasteiger partial charge in [-0.15, -0.1) is 0 Å². The van der Waals surface area contributed by atoms with Gasteiger partial charge in [-0.25, -0.2) is 4.98 Å². The average molecular weight is 604 g/mol.